The monoisotopic (exact) mass is 289 g/mol. The van der Waals surface area contributed by atoms with Gasteiger partial charge in [-0.15, -0.1) is 0 Å². The summed E-state index contributed by atoms with van der Waals surface area (Å²) in [7, 11) is 0. The van der Waals surface area contributed by atoms with Crippen LogP contribution in [0.25, 0.3) is 0 Å². The lowest BCUT2D eigenvalue weighted by Crippen LogP contribution is -2.30. The van der Waals surface area contributed by atoms with Crippen molar-refractivity contribution in [2.24, 2.45) is 0 Å². The maximum absolute atomic E-state index is 11.9. The van der Waals surface area contributed by atoms with E-state index < -0.39 is 12.1 Å². The smallest absolute Gasteiger partial charge is 0.311 e. The molecule has 1 amide bonds. The summed E-state index contributed by atoms with van der Waals surface area (Å²) >= 11 is 1.52. The van der Waals surface area contributed by atoms with Crippen LogP contribution < -0.4 is 5.32 Å². The number of amides is 1. The highest BCUT2D eigenvalue weighted by atomic mass is 32.1. The Hall–Kier alpha value is -2.14. The van der Waals surface area contributed by atoms with Gasteiger partial charge in [-0.3, -0.25) is 9.59 Å². The normalized spacial score (nSPS) is 11.7. The fourth-order valence-corrected chi connectivity index (χ4v) is 2.29. The van der Waals surface area contributed by atoms with Crippen molar-refractivity contribution in [3.05, 3.63) is 52.7 Å². The molecule has 104 valence electrons. The summed E-state index contributed by atoms with van der Waals surface area (Å²) in [6.45, 7) is 1.56. The van der Waals surface area contributed by atoms with Gasteiger partial charge in [0.25, 0.3) is 5.91 Å². The van der Waals surface area contributed by atoms with Gasteiger partial charge in [-0.1, -0.05) is 18.2 Å². The highest BCUT2D eigenvalue weighted by Crippen LogP contribution is 2.09. The van der Waals surface area contributed by atoms with Gasteiger partial charge in [0, 0.05) is 5.69 Å². The van der Waals surface area contributed by atoms with Crippen molar-refractivity contribution in [2.45, 2.75) is 19.4 Å². The molecule has 4 nitrogen and oxygen atoms in total. The summed E-state index contributed by atoms with van der Waals surface area (Å²) in [5, 5.41) is 6.47. The molecule has 0 saturated carbocycles. The van der Waals surface area contributed by atoms with E-state index in [1.165, 1.54) is 11.3 Å². The molecule has 0 fully saturated rings. The number of hydrogen-bond donors (Lipinski definition) is 1. The highest BCUT2D eigenvalue weighted by molar-refractivity contribution is 7.07. The Morgan fingerprint density at radius 2 is 2.00 bits per heavy atom. The number of nitrogens with one attached hydrogen (secondary N) is 1. The summed E-state index contributed by atoms with van der Waals surface area (Å²) in [5.41, 5.74) is 1.58. The van der Waals surface area contributed by atoms with Crippen LogP contribution in [-0.2, 0) is 20.7 Å². The zero-order valence-corrected chi connectivity index (χ0v) is 11.9. The minimum Gasteiger partial charge on any atom is -0.452 e. The standard InChI is InChI=1S/C15H15NO3S/c1-11(15(18)16-13-5-3-2-4-6-13)19-14(17)9-12-7-8-20-10-12/h2-8,10-11H,9H2,1H3,(H,16,18). The van der Waals surface area contributed by atoms with Crippen molar-refractivity contribution in [1.82, 2.24) is 0 Å². The van der Waals surface area contributed by atoms with E-state index in [0.29, 0.717) is 5.69 Å². The number of hydrogen-bond acceptors (Lipinski definition) is 4. The van der Waals surface area contributed by atoms with E-state index in [9.17, 15) is 9.59 Å². The molecule has 0 radical (unpaired) electrons. The van der Waals surface area contributed by atoms with E-state index in [1.54, 1.807) is 19.1 Å². The predicted octanol–water partition coefficient (Wildman–Crippen LogP) is 2.86. The minimum atomic E-state index is -0.818. The molecule has 0 aliphatic carbocycles. The zero-order valence-electron chi connectivity index (χ0n) is 11.0. The van der Waals surface area contributed by atoms with Crippen LogP contribution in [0.4, 0.5) is 5.69 Å². The Kier molecular flexibility index (Phi) is 4.90. The van der Waals surface area contributed by atoms with E-state index >= 15 is 0 Å². The Labute approximate surface area is 121 Å². The fraction of sp³-hybridized carbons (Fsp3) is 0.200. The molecule has 2 rings (SSSR count). The predicted molar refractivity (Wildman–Crippen MR) is 78.6 cm³/mol. The third-order valence-corrected chi connectivity index (χ3v) is 3.38. The number of rotatable bonds is 5. The van der Waals surface area contributed by atoms with Gasteiger partial charge in [0.05, 0.1) is 6.42 Å². The van der Waals surface area contributed by atoms with Gasteiger partial charge in [-0.2, -0.15) is 11.3 Å². The average Bonchev–Trinajstić information content (AvgIpc) is 2.92. The molecular formula is C15H15NO3S. The van der Waals surface area contributed by atoms with E-state index in [4.69, 9.17) is 4.74 Å². The Morgan fingerprint density at radius 3 is 2.65 bits per heavy atom. The molecule has 1 aromatic heterocycles. The Balaban J connectivity index is 1.83. The molecule has 0 bridgehead atoms. The van der Waals surface area contributed by atoms with Crippen molar-refractivity contribution in [1.29, 1.82) is 0 Å². The van der Waals surface area contributed by atoms with E-state index in [-0.39, 0.29) is 12.3 Å². The second kappa shape index (κ2) is 6.86. The third-order valence-electron chi connectivity index (χ3n) is 2.65. The van der Waals surface area contributed by atoms with Gasteiger partial charge in [-0.05, 0) is 41.4 Å². The van der Waals surface area contributed by atoms with Crippen LogP contribution in [-0.4, -0.2) is 18.0 Å². The maximum atomic E-state index is 11.9. The topological polar surface area (TPSA) is 55.4 Å². The number of carbonyl (C=O) groups excluding carboxylic acids is 2. The molecule has 1 aromatic carbocycles. The molecule has 1 unspecified atom stereocenters. The van der Waals surface area contributed by atoms with Crippen molar-refractivity contribution in [3.8, 4) is 0 Å². The van der Waals surface area contributed by atoms with Crippen molar-refractivity contribution < 1.29 is 14.3 Å². The summed E-state index contributed by atoms with van der Waals surface area (Å²) in [6.07, 6.45) is -0.631. The zero-order chi connectivity index (χ0) is 14.4. The van der Waals surface area contributed by atoms with Crippen LogP contribution in [0.5, 0.6) is 0 Å². The van der Waals surface area contributed by atoms with Gasteiger partial charge in [0.1, 0.15) is 0 Å². The quantitative estimate of drug-likeness (QED) is 0.861. The molecule has 0 saturated heterocycles. The first-order valence-electron chi connectivity index (χ1n) is 6.21. The maximum Gasteiger partial charge on any atom is 0.311 e. The molecule has 0 aliphatic heterocycles. The average molecular weight is 289 g/mol. The number of benzene rings is 1. The number of thiophene rings is 1. The van der Waals surface area contributed by atoms with Gasteiger partial charge in [-0.25, -0.2) is 0 Å². The Morgan fingerprint density at radius 1 is 1.25 bits per heavy atom. The van der Waals surface area contributed by atoms with Crippen LogP contribution in [0.3, 0.4) is 0 Å². The number of esters is 1. The third kappa shape index (κ3) is 4.20. The van der Waals surface area contributed by atoms with E-state index in [2.05, 4.69) is 5.32 Å². The summed E-state index contributed by atoms with van der Waals surface area (Å²) in [5.74, 6) is -0.742. The van der Waals surface area contributed by atoms with E-state index in [0.717, 1.165) is 5.56 Å². The highest BCUT2D eigenvalue weighted by Gasteiger charge is 2.18. The van der Waals surface area contributed by atoms with Gasteiger partial charge in [0.2, 0.25) is 0 Å². The molecule has 1 heterocycles. The first-order chi connectivity index (χ1) is 9.65. The summed E-state index contributed by atoms with van der Waals surface area (Å²) in [6, 6.07) is 10.9. The molecule has 5 heteroatoms. The van der Waals surface area contributed by atoms with Crippen LogP contribution in [0, 0.1) is 0 Å². The molecule has 1 N–H and O–H groups in total. The van der Waals surface area contributed by atoms with Crippen LogP contribution in [0.1, 0.15) is 12.5 Å². The second-order valence-corrected chi connectivity index (χ2v) is 5.08. The van der Waals surface area contributed by atoms with Crippen molar-refractivity contribution in [3.63, 3.8) is 0 Å². The van der Waals surface area contributed by atoms with Gasteiger partial charge >= 0.3 is 5.97 Å². The number of para-hydroxylation sites is 1. The van der Waals surface area contributed by atoms with Crippen molar-refractivity contribution >= 4 is 28.9 Å². The molecule has 20 heavy (non-hydrogen) atoms. The fourth-order valence-electron chi connectivity index (χ4n) is 1.62. The van der Waals surface area contributed by atoms with Crippen LogP contribution in [0.2, 0.25) is 0 Å². The second-order valence-electron chi connectivity index (χ2n) is 4.30. The lowest BCUT2D eigenvalue weighted by atomic mass is 10.2. The molecule has 2 aromatic rings. The number of carbonyl (C=O) groups is 2. The van der Waals surface area contributed by atoms with Gasteiger partial charge in [0.15, 0.2) is 6.10 Å². The van der Waals surface area contributed by atoms with Crippen LogP contribution >= 0.6 is 11.3 Å². The summed E-state index contributed by atoms with van der Waals surface area (Å²) in [4.78, 5) is 23.5. The van der Waals surface area contributed by atoms with E-state index in [1.807, 2.05) is 35.0 Å². The summed E-state index contributed by atoms with van der Waals surface area (Å²) < 4.78 is 5.11. The minimum absolute atomic E-state index is 0.187. The number of ether oxygens (including phenoxy) is 1. The van der Waals surface area contributed by atoms with Crippen molar-refractivity contribution in [2.75, 3.05) is 5.32 Å². The lowest BCUT2D eigenvalue weighted by Gasteiger charge is -2.13. The molecule has 1 atom stereocenters. The van der Waals surface area contributed by atoms with Gasteiger partial charge < -0.3 is 10.1 Å². The first kappa shape index (κ1) is 14.3. The molecular weight excluding hydrogens is 274 g/mol. The Bertz CT molecular complexity index is 566. The lowest BCUT2D eigenvalue weighted by molar-refractivity contribution is -0.152. The number of anilines is 1. The SMILES string of the molecule is CC(OC(=O)Cc1ccsc1)C(=O)Nc1ccccc1. The first-order valence-corrected chi connectivity index (χ1v) is 7.16. The molecule has 0 spiro atoms. The largest absolute Gasteiger partial charge is 0.452 e. The van der Waals surface area contributed by atoms with Crippen LogP contribution in [0.15, 0.2) is 47.2 Å². The molecule has 0 aliphatic rings.